The number of nitrogens with zero attached hydrogens (tertiary/aromatic N) is 3. The molecule has 2 heterocycles. The van der Waals surface area contributed by atoms with Crippen LogP contribution in [0.2, 0.25) is 0 Å². The molecule has 0 aliphatic carbocycles. The summed E-state index contributed by atoms with van der Waals surface area (Å²) in [6.45, 7) is 1.86. The third-order valence-electron chi connectivity index (χ3n) is 3.94. The molecule has 1 aromatic heterocycles. The molecule has 3 aromatic rings. The normalized spacial score (nSPS) is 16.2. The van der Waals surface area contributed by atoms with Crippen molar-refractivity contribution >= 4 is 21.6 Å². The van der Waals surface area contributed by atoms with E-state index in [1.165, 1.54) is 6.07 Å². The van der Waals surface area contributed by atoms with Crippen molar-refractivity contribution in [1.29, 1.82) is 0 Å². The van der Waals surface area contributed by atoms with Crippen molar-refractivity contribution in [3.8, 4) is 5.69 Å². The van der Waals surface area contributed by atoms with Crippen molar-refractivity contribution < 1.29 is 9.50 Å². The molecule has 0 radical (unpaired) electrons. The first-order valence-corrected chi connectivity index (χ1v) is 8.21. The highest BCUT2D eigenvalue weighted by molar-refractivity contribution is 9.10. The van der Waals surface area contributed by atoms with E-state index >= 15 is 0 Å². The van der Waals surface area contributed by atoms with E-state index in [9.17, 15) is 9.50 Å². The van der Waals surface area contributed by atoms with E-state index in [0.29, 0.717) is 17.1 Å². The number of halogens is 2. The van der Waals surface area contributed by atoms with E-state index in [2.05, 4.69) is 25.9 Å². The van der Waals surface area contributed by atoms with Crippen LogP contribution in [0.3, 0.4) is 0 Å². The maximum Gasteiger partial charge on any atom is 0.205 e. The van der Waals surface area contributed by atoms with Gasteiger partial charge in [0.1, 0.15) is 5.82 Å². The summed E-state index contributed by atoms with van der Waals surface area (Å²) in [6, 6.07) is 12.1. The highest BCUT2D eigenvalue weighted by Crippen LogP contribution is 2.31. The minimum Gasteiger partial charge on any atom is -0.365 e. The molecule has 1 aliphatic rings. The van der Waals surface area contributed by atoms with Crippen LogP contribution in [0.25, 0.3) is 5.69 Å². The van der Waals surface area contributed by atoms with Crippen molar-refractivity contribution in [3.05, 3.63) is 81.6 Å². The van der Waals surface area contributed by atoms with Crippen LogP contribution in [-0.4, -0.2) is 20.4 Å². The third kappa shape index (κ3) is 2.39. The lowest BCUT2D eigenvalue weighted by molar-refractivity contribution is 0.177. The Morgan fingerprint density at radius 1 is 1.17 bits per heavy atom. The summed E-state index contributed by atoms with van der Waals surface area (Å²) >= 11 is 3.46. The molecule has 24 heavy (non-hydrogen) atoms. The number of aliphatic imine (C=N–C) groups is 1. The average molecular weight is 386 g/mol. The Labute approximate surface area is 146 Å². The maximum atomic E-state index is 14.4. The molecule has 0 spiro atoms. The summed E-state index contributed by atoms with van der Waals surface area (Å²) in [6.07, 6.45) is 0.671. The van der Waals surface area contributed by atoms with Gasteiger partial charge in [0, 0.05) is 21.8 Å². The van der Waals surface area contributed by atoms with Crippen molar-refractivity contribution in [2.75, 3.05) is 0 Å². The number of aromatic nitrogens is 2. The van der Waals surface area contributed by atoms with Crippen LogP contribution in [-0.2, 0) is 0 Å². The fourth-order valence-corrected chi connectivity index (χ4v) is 3.28. The van der Waals surface area contributed by atoms with Crippen LogP contribution in [0.5, 0.6) is 0 Å². The molecular formula is C18H13BrFN3O. The fraction of sp³-hybridized carbons (Fsp3) is 0.111. The zero-order valence-electron chi connectivity index (χ0n) is 12.7. The van der Waals surface area contributed by atoms with Gasteiger partial charge < -0.3 is 5.11 Å². The smallest absolute Gasteiger partial charge is 0.205 e. The molecule has 4 nitrogen and oxygen atoms in total. The number of fused-ring (bicyclic) bond motifs is 3. The summed E-state index contributed by atoms with van der Waals surface area (Å²) in [5.41, 5.74) is 3.05. The van der Waals surface area contributed by atoms with Crippen molar-refractivity contribution in [2.45, 2.75) is 13.2 Å². The fourth-order valence-electron chi connectivity index (χ4n) is 2.92. The van der Waals surface area contributed by atoms with Gasteiger partial charge in [-0.3, -0.25) is 4.57 Å². The zero-order chi connectivity index (χ0) is 16.8. The first kappa shape index (κ1) is 15.2. The number of rotatable bonds is 1. The molecule has 1 atom stereocenters. The standard InChI is InChI=1S/C18H13BrFN3O/c1-10-9-23-15-7-6-11(19)8-13(15)16(22-18(24)17(23)21-10)12-4-2-3-5-14(12)20/h2-9,18,24H,1H3. The molecule has 0 saturated heterocycles. The van der Waals surface area contributed by atoms with Gasteiger partial charge in [-0.05, 0) is 37.3 Å². The largest absolute Gasteiger partial charge is 0.365 e. The Morgan fingerprint density at radius 3 is 2.75 bits per heavy atom. The number of aliphatic hydroxyl groups excluding tert-OH is 1. The van der Waals surface area contributed by atoms with E-state index in [-0.39, 0.29) is 5.82 Å². The SMILES string of the molecule is Cc1cn2c(n1)C(O)N=C(c1ccccc1F)c1cc(Br)ccc1-2. The molecule has 4 rings (SSSR count). The van der Waals surface area contributed by atoms with E-state index < -0.39 is 6.23 Å². The summed E-state index contributed by atoms with van der Waals surface area (Å²) in [7, 11) is 0. The molecule has 0 amide bonds. The van der Waals surface area contributed by atoms with Gasteiger partial charge in [0.25, 0.3) is 0 Å². The van der Waals surface area contributed by atoms with Gasteiger partial charge in [-0.25, -0.2) is 14.4 Å². The van der Waals surface area contributed by atoms with Gasteiger partial charge in [-0.2, -0.15) is 0 Å². The van der Waals surface area contributed by atoms with Crippen LogP contribution >= 0.6 is 15.9 Å². The second-order valence-corrected chi connectivity index (χ2v) is 6.52. The highest BCUT2D eigenvalue weighted by atomic mass is 79.9. The average Bonchev–Trinajstić information content (AvgIpc) is 2.90. The highest BCUT2D eigenvalue weighted by Gasteiger charge is 2.26. The van der Waals surface area contributed by atoms with E-state index in [4.69, 9.17) is 0 Å². The number of benzene rings is 2. The maximum absolute atomic E-state index is 14.4. The Kier molecular flexibility index (Phi) is 3.58. The predicted octanol–water partition coefficient (Wildman–Crippen LogP) is 3.92. The van der Waals surface area contributed by atoms with Gasteiger partial charge >= 0.3 is 0 Å². The van der Waals surface area contributed by atoms with Gasteiger partial charge in [0.2, 0.25) is 6.23 Å². The summed E-state index contributed by atoms with van der Waals surface area (Å²) < 4.78 is 17.0. The predicted molar refractivity (Wildman–Crippen MR) is 93.0 cm³/mol. The van der Waals surface area contributed by atoms with Gasteiger partial charge in [0.05, 0.1) is 17.1 Å². The molecule has 6 heteroatoms. The molecule has 0 bridgehead atoms. The topological polar surface area (TPSA) is 50.4 Å². The Morgan fingerprint density at radius 2 is 1.96 bits per heavy atom. The van der Waals surface area contributed by atoms with Crippen LogP contribution in [0.4, 0.5) is 4.39 Å². The molecule has 1 N–H and O–H groups in total. The second kappa shape index (κ2) is 5.65. The molecule has 1 aliphatic heterocycles. The summed E-state index contributed by atoms with van der Waals surface area (Å²) in [5, 5.41) is 10.5. The van der Waals surface area contributed by atoms with Crippen LogP contribution in [0, 0.1) is 12.7 Å². The lowest BCUT2D eigenvalue weighted by Gasteiger charge is -2.12. The van der Waals surface area contributed by atoms with E-state index in [0.717, 1.165) is 21.4 Å². The van der Waals surface area contributed by atoms with Crippen molar-refractivity contribution in [2.24, 2.45) is 4.99 Å². The monoisotopic (exact) mass is 385 g/mol. The first-order valence-electron chi connectivity index (χ1n) is 7.41. The molecule has 120 valence electrons. The minimum atomic E-state index is -1.17. The first-order chi connectivity index (χ1) is 11.5. The second-order valence-electron chi connectivity index (χ2n) is 5.60. The third-order valence-corrected chi connectivity index (χ3v) is 4.43. The minimum absolute atomic E-state index is 0.346. The van der Waals surface area contributed by atoms with E-state index in [1.54, 1.807) is 22.8 Å². The summed E-state index contributed by atoms with van der Waals surface area (Å²) in [5.74, 6) is 0.0347. The molecule has 0 fully saturated rings. The Balaban J connectivity index is 2.05. The Hall–Kier alpha value is -2.31. The van der Waals surface area contributed by atoms with Gasteiger partial charge in [-0.1, -0.05) is 28.1 Å². The number of imidazole rings is 1. The van der Waals surface area contributed by atoms with Crippen molar-refractivity contribution in [3.63, 3.8) is 0 Å². The van der Waals surface area contributed by atoms with Crippen molar-refractivity contribution in [1.82, 2.24) is 9.55 Å². The number of aryl methyl sites for hydroxylation is 1. The Bertz CT molecular complexity index is 980. The number of hydrogen-bond donors (Lipinski definition) is 1. The molecule has 1 unspecified atom stereocenters. The van der Waals surface area contributed by atoms with Crippen LogP contribution < -0.4 is 0 Å². The quantitative estimate of drug-likeness (QED) is 0.689. The van der Waals surface area contributed by atoms with Gasteiger partial charge in [0.15, 0.2) is 5.82 Å². The molecule has 0 saturated carbocycles. The summed E-state index contributed by atoms with van der Waals surface area (Å²) in [4.78, 5) is 8.74. The van der Waals surface area contributed by atoms with Gasteiger partial charge in [-0.15, -0.1) is 0 Å². The molecular weight excluding hydrogens is 373 g/mol. The number of hydrogen-bond acceptors (Lipinski definition) is 3. The van der Waals surface area contributed by atoms with Crippen LogP contribution in [0.15, 0.2) is 58.1 Å². The van der Waals surface area contributed by atoms with Crippen LogP contribution in [0.1, 0.15) is 28.9 Å². The molecule has 2 aromatic carbocycles. The lowest BCUT2D eigenvalue weighted by atomic mass is 10.00. The van der Waals surface area contributed by atoms with E-state index in [1.807, 2.05) is 31.3 Å². The number of aliphatic hydroxyl groups is 1. The lowest BCUT2D eigenvalue weighted by Crippen LogP contribution is -2.09. The zero-order valence-corrected chi connectivity index (χ0v) is 14.3.